The van der Waals surface area contributed by atoms with E-state index in [1.165, 1.54) is 19.3 Å². The van der Waals surface area contributed by atoms with Crippen molar-refractivity contribution in [1.29, 1.82) is 0 Å². The molecule has 0 spiro atoms. The number of rotatable bonds is 3. The van der Waals surface area contributed by atoms with Crippen LogP contribution in [0.2, 0.25) is 0 Å². The third kappa shape index (κ3) is 3.65. The van der Waals surface area contributed by atoms with E-state index in [1.54, 1.807) is 0 Å². The van der Waals surface area contributed by atoms with Gasteiger partial charge in [0.15, 0.2) is 0 Å². The first-order chi connectivity index (χ1) is 11.1. The lowest BCUT2D eigenvalue weighted by Gasteiger charge is -2.30. The molecule has 0 saturated carbocycles. The van der Waals surface area contributed by atoms with Gasteiger partial charge < -0.3 is 16.0 Å². The third-order valence-electron chi connectivity index (χ3n) is 4.28. The maximum atomic E-state index is 12.5. The number of nitrogens with zero attached hydrogens (tertiary/aromatic N) is 1. The number of piperidine rings is 1. The van der Waals surface area contributed by atoms with E-state index in [1.807, 2.05) is 49.4 Å². The van der Waals surface area contributed by atoms with Gasteiger partial charge >= 0.3 is 0 Å². The standard InChI is InChI=1S/C19H23N3O/c1-14-5-7-15(8-6-14)19(23)21-17-13-16(20)9-10-18(17)22-11-3-2-4-12-22/h5-10,13H,2-4,11-12,20H2,1H3,(H,21,23). The van der Waals surface area contributed by atoms with E-state index < -0.39 is 0 Å². The van der Waals surface area contributed by atoms with Crippen LogP contribution in [0.25, 0.3) is 0 Å². The lowest BCUT2D eigenvalue weighted by Crippen LogP contribution is -2.30. The van der Waals surface area contributed by atoms with Crippen LogP contribution in [-0.2, 0) is 0 Å². The normalized spacial score (nSPS) is 14.6. The Morgan fingerprint density at radius 2 is 1.74 bits per heavy atom. The van der Waals surface area contributed by atoms with Crippen LogP contribution >= 0.6 is 0 Å². The Labute approximate surface area is 137 Å². The van der Waals surface area contributed by atoms with Crippen LogP contribution in [0, 0.1) is 6.92 Å². The molecule has 2 aromatic carbocycles. The van der Waals surface area contributed by atoms with Crippen LogP contribution < -0.4 is 16.0 Å². The quantitative estimate of drug-likeness (QED) is 0.847. The summed E-state index contributed by atoms with van der Waals surface area (Å²) in [7, 11) is 0. The molecular weight excluding hydrogens is 286 g/mol. The molecule has 3 rings (SSSR count). The average Bonchev–Trinajstić information content (AvgIpc) is 2.56. The molecule has 2 aromatic rings. The minimum absolute atomic E-state index is 0.103. The van der Waals surface area contributed by atoms with Gasteiger partial charge in [-0.2, -0.15) is 0 Å². The Hall–Kier alpha value is -2.49. The number of benzene rings is 2. The molecule has 0 atom stereocenters. The molecule has 120 valence electrons. The Morgan fingerprint density at radius 3 is 2.43 bits per heavy atom. The summed E-state index contributed by atoms with van der Waals surface area (Å²) >= 11 is 0. The van der Waals surface area contributed by atoms with Crippen LogP contribution in [0.5, 0.6) is 0 Å². The van der Waals surface area contributed by atoms with E-state index in [-0.39, 0.29) is 5.91 Å². The highest BCUT2D eigenvalue weighted by atomic mass is 16.1. The first-order valence-corrected chi connectivity index (χ1v) is 8.16. The summed E-state index contributed by atoms with van der Waals surface area (Å²) in [6.45, 7) is 4.06. The van der Waals surface area contributed by atoms with E-state index >= 15 is 0 Å². The number of nitrogen functional groups attached to an aromatic ring is 1. The van der Waals surface area contributed by atoms with Crippen LogP contribution in [-0.4, -0.2) is 19.0 Å². The molecule has 23 heavy (non-hydrogen) atoms. The molecule has 1 heterocycles. The molecule has 1 aliphatic heterocycles. The molecule has 4 heteroatoms. The zero-order valence-corrected chi connectivity index (χ0v) is 13.5. The van der Waals surface area contributed by atoms with Crippen molar-refractivity contribution in [2.75, 3.05) is 29.0 Å². The summed E-state index contributed by atoms with van der Waals surface area (Å²) in [6.07, 6.45) is 3.65. The minimum atomic E-state index is -0.103. The fraction of sp³-hybridized carbons (Fsp3) is 0.316. The molecule has 0 aliphatic carbocycles. The number of aryl methyl sites for hydroxylation is 1. The Kier molecular flexibility index (Phi) is 4.51. The lowest BCUT2D eigenvalue weighted by molar-refractivity contribution is 0.102. The maximum Gasteiger partial charge on any atom is 0.255 e. The first-order valence-electron chi connectivity index (χ1n) is 8.16. The van der Waals surface area contributed by atoms with Crippen molar-refractivity contribution >= 4 is 23.0 Å². The molecule has 1 saturated heterocycles. The monoisotopic (exact) mass is 309 g/mol. The van der Waals surface area contributed by atoms with Gasteiger partial charge in [-0.25, -0.2) is 0 Å². The van der Waals surface area contributed by atoms with Crippen molar-refractivity contribution in [1.82, 2.24) is 0 Å². The number of carbonyl (C=O) groups excluding carboxylic acids is 1. The van der Waals surface area contributed by atoms with Crippen LogP contribution in [0.1, 0.15) is 35.2 Å². The fourth-order valence-electron chi connectivity index (χ4n) is 2.96. The van der Waals surface area contributed by atoms with Crippen molar-refractivity contribution in [3.05, 3.63) is 53.6 Å². The summed E-state index contributed by atoms with van der Waals surface area (Å²) < 4.78 is 0. The minimum Gasteiger partial charge on any atom is -0.399 e. The fourth-order valence-corrected chi connectivity index (χ4v) is 2.96. The van der Waals surface area contributed by atoms with E-state index in [2.05, 4.69) is 10.2 Å². The average molecular weight is 309 g/mol. The largest absolute Gasteiger partial charge is 0.399 e. The second kappa shape index (κ2) is 6.73. The van der Waals surface area contributed by atoms with E-state index in [0.717, 1.165) is 30.0 Å². The molecule has 1 amide bonds. The van der Waals surface area contributed by atoms with Crippen LogP contribution in [0.3, 0.4) is 0 Å². The number of nitrogens with one attached hydrogen (secondary N) is 1. The molecule has 0 bridgehead atoms. The summed E-state index contributed by atoms with van der Waals surface area (Å²) in [4.78, 5) is 14.8. The highest BCUT2D eigenvalue weighted by molar-refractivity contribution is 6.06. The van der Waals surface area contributed by atoms with Gasteiger partial charge in [0.1, 0.15) is 0 Å². The summed E-state index contributed by atoms with van der Waals surface area (Å²) in [5.41, 5.74) is 10.2. The SMILES string of the molecule is Cc1ccc(C(=O)Nc2cc(N)ccc2N2CCCCC2)cc1. The predicted octanol–water partition coefficient (Wildman–Crippen LogP) is 3.82. The Balaban J connectivity index is 1.84. The third-order valence-corrected chi connectivity index (χ3v) is 4.28. The predicted molar refractivity (Wildman–Crippen MR) is 96.1 cm³/mol. The topological polar surface area (TPSA) is 58.4 Å². The number of hydrogen-bond donors (Lipinski definition) is 2. The Bertz CT molecular complexity index is 688. The zero-order valence-electron chi connectivity index (χ0n) is 13.5. The van der Waals surface area contributed by atoms with Crippen molar-refractivity contribution in [2.24, 2.45) is 0 Å². The van der Waals surface area contributed by atoms with Gasteiger partial charge in [0, 0.05) is 24.3 Å². The van der Waals surface area contributed by atoms with Crippen LogP contribution in [0.15, 0.2) is 42.5 Å². The van der Waals surface area contributed by atoms with Crippen LogP contribution in [0.4, 0.5) is 17.1 Å². The number of amides is 1. The molecule has 4 nitrogen and oxygen atoms in total. The van der Waals surface area contributed by atoms with Gasteiger partial charge in [0.2, 0.25) is 0 Å². The van der Waals surface area contributed by atoms with E-state index in [4.69, 9.17) is 5.73 Å². The summed E-state index contributed by atoms with van der Waals surface area (Å²) in [5.74, 6) is -0.103. The van der Waals surface area contributed by atoms with Crippen molar-refractivity contribution < 1.29 is 4.79 Å². The second-order valence-corrected chi connectivity index (χ2v) is 6.14. The highest BCUT2D eigenvalue weighted by Crippen LogP contribution is 2.30. The second-order valence-electron chi connectivity index (χ2n) is 6.14. The van der Waals surface area contributed by atoms with E-state index in [9.17, 15) is 4.79 Å². The summed E-state index contributed by atoms with van der Waals surface area (Å²) in [5, 5.41) is 3.02. The van der Waals surface area contributed by atoms with Gasteiger partial charge in [-0.1, -0.05) is 17.7 Å². The zero-order chi connectivity index (χ0) is 16.2. The van der Waals surface area contributed by atoms with E-state index in [0.29, 0.717) is 11.3 Å². The molecule has 1 fully saturated rings. The van der Waals surface area contributed by atoms with Gasteiger partial charge in [-0.05, 0) is 56.5 Å². The smallest absolute Gasteiger partial charge is 0.255 e. The molecule has 1 aliphatic rings. The van der Waals surface area contributed by atoms with Gasteiger partial charge in [-0.3, -0.25) is 4.79 Å². The molecule has 3 N–H and O–H groups in total. The molecule has 0 radical (unpaired) electrons. The van der Waals surface area contributed by atoms with Crippen molar-refractivity contribution in [2.45, 2.75) is 26.2 Å². The van der Waals surface area contributed by atoms with Gasteiger partial charge in [-0.15, -0.1) is 0 Å². The Morgan fingerprint density at radius 1 is 1.04 bits per heavy atom. The number of carbonyl (C=O) groups is 1. The molecule has 0 unspecified atom stereocenters. The first kappa shape index (κ1) is 15.4. The number of anilines is 3. The number of nitrogens with two attached hydrogens (primary N) is 1. The molecular formula is C19H23N3O. The van der Waals surface area contributed by atoms with Gasteiger partial charge in [0.25, 0.3) is 5.91 Å². The maximum absolute atomic E-state index is 12.5. The van der Waals surface area contributed by atoms with Crippen molar-refractivity contribution in [3.8, 4) is 0 Å². The molecule has 0 aromatic heterocycles. The lowest BCUT2D eigenvalue weighted by atomic mass is 10.1. The number of hydrogen-bond acceptors (Lipinski definition) is 3. The van der Waals surface area contributed by atoms with Crippen molar-refractivity contribution in [3.63, 3.8) is 0 Å². The summed E-state index contributed by atoms with van der Waals surface area (Å²) in [6, 6.07) is 13.3. The highest BCUT2D eigenvalue weighted by Gasteiger charge is 2.16. The van der Waals surface area contributed by atoms with Gasteiger partial charge in [0.05, 0.1) is 11.4 Å².